The third-order valence-electron chi connectivity index (χ3n) is 5.96. The highest BCUT2D eigenvalue weighted by Gasteiger charge is 2.52. The zero-order valence-electron chi connectivity index (χ0n) is 14.5. The predicted molar refractivity (Wildman–Crippen MR) is 105 cm³/mol. The molecular weight excluding hydrogens is 314 g/mol. The van der Waals surface area contributed by atoms with Gasteiger partial charge in [-0.05, 0) is 46.4 Å². The molecule has 0 amide bonds. The van der Waals surface area contributed by atoms with Crippen LogP contribution in [0.25, 0.3) is 22.3 Å². The van der Waals surface area contributed by atoms with Crippen LogP contribution in [0.2, 0.25) is 0 Å². The summed E-state index contributed by atoms with van der Waals surface area (Å²) in [4.78, 5) is 5.10. The summed E-state index contributed by atoms with van der Waals surface area (Å²) in [7, 11) is 0. The van der Waals surface area contributed by atoms with Crippen LogP contribution in [0.4, 0.5) is 0 Å². The van der Waals surface area contributed by atoms with Gasteiger partial charge in [-0.25, -0.2) is 0 Å². The maximum Gasteiger partial charge on any atom is 0.0898 e. The van der Waals surface area contributed by atoms with E-state index in [0.29, 0.717) is 0 Å². The van der Waals surface area contributed by atoms with Crippen molar-refractivity contribution in [1.82, 2.24) is 4.98 Å². The minimum absolute atomic E-state index is 0.300. The van der Waals surface area contributed by atoms with Crippen LogP contribution < -0.4 is 0 Å². The molecule has 1 spiro atoms. The summed E-state index contributed by atoms with van der Waals surface area (Å²) >= 11 is 0. The van der Waals surface area contributed by atoms with E-state index in [4.69, 9.17) is 4.98 Å². The predicted octanol–water partition coefficient (Wildman–Crippen LogP) is 5.73. The smallest absolute Gasteiger partial charge is 0.0898 e. The van der Waals surface area contributed by atoms with Gasteiger partial charge in [0.15, 0.2) is 0 Å². The Kier molecular flexibility index (Phi) is 2.54. The lowest BCUT2D eigenvalue weighted by molar-refractivity contribution is 0.756. The van der Waals surface area contributed by atoms with Crippen molar-refractivity contribution < 1.29 is 0 Å². The summed E-state index contributed by atoms with van der Waals surface area (Å²) in [5, 5.41) is 0. The molecule has 1 heterocycles. The van der Waals surface area contributed by atoms with Crippen molar-refractivity contribution in [1.29, 1.82) is 0 Å². The molecular formula is C25H17N. The van der Waals surface area contributed by atoms with Crippen LogP contribution in [0.1, 0.15) is 28.1 Å². The van der Waals surface area contributed by atoms with E-state index in [1.54, 1.807) is 0 Å². The fourth-order valence-electron chi connectivity index (χ4n) is 5.01. The minimum atomic E-state index is -0.300. The van der Waals surface area contributed by atoms with Crippen molar-refractivity contribution in [3.8, 4) is 22.3 Å². The molecule has 1 aromatic heterocycles. The van der Waals surface area contributed by atoms with Crippen LogP contribution in [-0.2, 0) is 5.41 Å². The number of aryl methyl sites for hydroxylation is 1. The van der Waals surface area contributed by atoms with E-state index in [9.17, 15) is 0 Å². The summed E-state index contributed by atoms with van der Waals surface area (Å²) in [5.41, 5.74) is 11.2. The first-order valence-corrected chi connectivity index (χ1v) is 9.09. The van der Waals surface area contributed by atoms with Crippen LogP contribution in [0.15, 0.2) is 84.9 Å². The fraction of sp³-hybridized carbons (Fsp3) is 0.0800. The van der Waals surface area contributed by atoms with Crippen molar-refractivity contribution in [3.05, 3.63) is 113 Å². The fourth-order valence-corrected chi connectivity index (χ4v) is 5.01. The number of rotatable bonds is 0. The largest absolute Gasteiger partial charge is 0.256 e. The van der Waals surface area contributed by atoms with Gasteiger partial charge in [-0.1, -0.05) is 78.9 Å². The molecule has 122 valence electrons. The first-order chi connectivity index (χ1) is 12.8. The molecule has 0 unspecified atom stereocenters. The molecule has 1 heteroatoms. The Morgan fingerprint density at radius 3 is 1.54 bits per heavy atom. The van der Waals surface area contributed by atoms with Crippen molar-refractivity contribution in [3.63, 3.8) is 0 Å². The van der Waals surface area contributed by atoms with E-state index in [0.717, 1.165) is 5.69 Å². The summed E-state index contributed by atoms with van der Waals surface area (Å²) in [6, 6.07) is 30.8. The normalized spacial score (nSPS) is 14.7. The number of hydrogen-bond donors (Lipinski definition) is 0. The van der Waals surface area contributed by atoms with Crippen molar-refractivity contribution >= 4 is 0 Å². The van der Waals surface area contributed by atoms with Gasteiger partial charge in [0.1, 0.15) is 0 Å². The van der Waals surface area contributed by atoms with E-state index < -0.39 is 0 Å². The van der Waals surface area contributed by atoms with Crippen LogP contribution in [0, 0.1) is 6.92 Å². The molecule has 0 saturated heterocycles. The average molecular weight is 331 g/mol. The molecule has 26 heavy (non-hydrogen) atoms. The highest BCUT2D eigenvalue weighted by atomic mass is 14.8. The summed E-state index contributed by atoms with van der Waals surface area (Å²) < 4.78 is 0. The molecule has 0 N–H and O–H groups in total. The summed E-state index contributed by atoms with van der Waals surface area (Å²) in [6.45, 7) is 2.09. The Labute approximate surface area is 153 Å². The van der Waals surface area contributed by atoms with Gasteiger partial charge >= 0.3 is 0 Å². The maximum absolute atomic E-state index is 5.10. The molecule has 0 fully saturated rings. The zero-order valence-corrected chi connectivity index (χ0v) is 14.5. The molecule has 0 radical (unpaired) electrons. The van der Waals surface area contributed by atoms with Gasteiger partial charge in [-0.3, -0.25) is 4.98 Å². The highest BCUT2D eigenvalue weighted by molar-refractivity contribution is 5.93. The molecule has 0 bridgehead atoms. The molecule has 2 aliphatic rings. The molecule has 3 aromatic carbocycles. The van der Waals surface area contributed by atoms with Crippen LogP contribution in [-0.4, -0.2) is 4.98 Å². The van der Waals surface area contributed by atoms with Gasteiger partial charge in [-0.15, -0.1) is 0 Å². The highest BCUT2D eigenvalue weighted by Crippen LogP contribution is 2.61. The Bertz CT molecular complexity index is 1140. The van der Waals surface area contributed by atoms with Crippen molar-refractivity contribution in [2.24, 2.45) is 0 Å². The first-order valence-electron chi connectivity index (χ1n) is 9.09. The molecule has 1 nitrogen and oxygen atoms in total. The summed E-state index contributed by atoms with van der Waals surface area (Å²) in [6.07, 6.45) is 0. The quantitative estimate of drug-likeness (QED) is 0.346. The Morgan fingerprint density at radius 1 is 0.538 bits per heavy atom. The standard InChI is InChI=1S/C25H17N/c1-16-14-15-20-19-10-4-7-13-23(19)25(24(20)26-16)21-11-5-2-8-17(21)18-9-3-6-12-22(18)25/h2-15H,1H3. The second kappa shape index (κ2) is 4.70. The zero-order chi connectivity index (χ0) is 17.3. The van der Waals surface area contributed by atoms with Gasteiger partial charge in [0.05, 0.1) is 11.1 Å². The molecule has 6 rings (SSSR count). The van der Waals surface area contributed by atoms with Gasteiger partial charge < -0.3 is 0 Å². The van der Waals surface area contributed by atoms with E-state index in [2.05, 4.69) is 91.9 Å². The second-order valence-corrected chi connectivity index (χ2v) is 7.24. The van der Waals surface area contributed by atoms with Gasteiger partial charge in [0.2, 0.25) is 0 Å². The first kappa shape index (κ1) is 14.0. The third-order valence-corrected chi connectivity index (χ3v) is 5.96. The van der Waals surface area contributed by atoms with Crippen LogP contribution in [0.3, 0.4) is 0 Å². The number of pyridine rings is 1. The second-order valence-electron chi connectivity index (χ2n) is 7.24. The van der Waals surface area contributed by atoms with E-state index in [1.807, 2.05) is 0 Å². The van der Waals surface area contributed by atoms with Crippen molar-refractivity contribution in [2.45, 2.75) is 12.3 Å². The molecule has 2 aliphatic carbocycles. The minimum Gasteiger partial charge on any atom is -0.256 e. The number of fused-ring (bicyclic) bond motifs is 10. The van der Waals surface area contributed by atoms with E-state index in [-0.39, 0.29) is 5.41 Å². The van der Waals surface area contributed by atoms with Gasteiger partial charge in [0.25, 0.3) is 0 Å². The number of benzene rings is 3. The lowest BCUT2D eigenvalue weighted by Crippen LogP contribution is -2.27. The molecule has 0 saturated carbocycles. The molecule has 0 aliphatic heterocycles. The Hall–Kier alpha value is -3.19. The van der Waals surface area contributed by atoms with Crippen molar-refractivity contribution in [2.75, 3.05) is 0 Å². The Balaban J connectivity index is 1.88. The van der Waals surface area contributed by atoms with Gasteiger partial charge in [0, 0.05) is 11.3 Å². The lowest BCUT2D eigenvalue weighted by atomic mass is 9.72. The topological polar surface area (TPSA) is 12.9 Å². The molecule has 4 aromatic rings. The average Bonchev–Trinajstić information content (AvgIpc) is 3.15. The van der Waals surface area contributed by atoms with E-state index >= 15 is 0 Å². The number of hydrogen-bond acceptors (Lipinski definition) is 1. The summed E-state index contributed by atoms with van der Waals surface area (Å²) in [5.74, 6) is 0. The van der Waals surface area contributed by atoms with Gasteiger partial charge in [-0.2, -0.15) is 0 Å². The molecule has 0 atom stereocenters. The van der Waals surface area contributed by atoms with Crippen LogP contribution >= 0.6 is 0 Å². The van der Waals surface area contributed by atoms with Crippen LogP contribution in [0.5, 0.6) is 0 Å². The monoisotopic (exact) mass is 331 g/mol. The maximum atomic E-state index is 5.10. The SMILES string of the molecule is Cc1ccc2c(n1)C1(c3ccccc3-c3ccccc31)c1ccccc1-2. The third kappa shape index (κ3) is 1.46. The number of aromatic nitrogens is 1. The Morgan fingerprint density at radius 2 is 1.00 bits per heavy atom. The number of nitrogens with zero attached hydrogens (tertiary/aromatic N) is 1. The van der Waals surface area contributed by atoms with E-state index in [1.165, 1.54) is 44.6 Å². The lowest BCUT2D eigenvalue weighted by Gasteiger charge is -2.29.